The summed E-state index contributed by atoms with van der Waals surface area (Å²) in [5, 5.41) is 0. The SMILES string of the molecule is CSc1c(C)c(F)c(C(=O)C(C)C)c(F)c1F. The van der Waals surface area contributed by atoms with Gasteiger partial charge in [0.2, 0.25) is 0 Å². The van der Waals surface area contributed by atoms with Crippen molar-refractivity contribution in [1.29, 1.82) is 0 Å². The molecule has 0 fully saturated rings. The number of rotatable bonds is 3. The van der Waals surface area contributed by atoms with Gasteiger partial charge in [0.05, 0.1) is 10.5 Å². The summed E-state index contributed by atoms with van der Waals surface area (Å²) < 4.78 is 41.1. The van der Waals surface area contributed by atoms with Crippen LogP contribution in [0.2, 0.25) is 0 Å². The van der Waals surface area contributed by atoms with Gasteiger partial charge in [-0.3, -0.25) is 4.79 Å². The molecule has 0 amide bonds. The maximum Gasteiger partial charge on any atom is 0.173 e. The van der Waals surface area contributed by atoms with E-state index in [4.69, 9.17) is 0 Å². The van der Waals surface area contributed by atoms with Gasteiger partial charge in [-0.05, 0) is 13.2 Å². The number of carbonyl (C=O) groups excluding carboxylic acids is 1. The molecule has 0 aliphatic carbocycles. The number of Topliss-reactive ketones (excluding diaryl/α,β-unsaturated/α-hetero) is 1. The van der Waals surface area contributed by atoms with Crippen molar-refractivity contribution in [1.82, 2.24) is 0 Å². The summed E-state index contributed by atoms with van der Waals surface area (Å²) in [5.74, 6) is -4.82. The van der Waals surface area contributed by atoms with Crippen LogP contribution in [0.3, 0.4) is 0 Å². The van der Waals surface area contributed by atoms with Crippen molar-refractivity contribution in [2.75, 3.05) is 6.26 Å². The Labute approximate surface area is 102 Å². The highest BCUT2D eigenvalue weighted by Gasteiger charge is 2.27. The van der Waals surface area contributed by atoms with Gasteiger partial charge >= 0.3 is 0 Å². The Kier molecular flexibility index (Phi) is 4.25. The highest BCUT2D eigenvalue weighted by molar-refractivity contribution is 7.98. The Balaban J connectivity index is 3.59. The molecule has 1 rings (SSSR count). The minimum Gasteiger partial charge on any atom is -0.294 e. The fourth-order valence-corrected chi connectivity index (χ4v) is 2.17. The molecular weight excluding hydrogens is 249 g/mol. The molecule has 0 aliphatic rings. The monoisotopic (exact) mass is 262 g/mol. The van der Waals surface area contributed by atoms with Crippen LogP contribution in [0.15, 0.2) is 4.90 Å². The maximum atomic E-state index is 13.9. The average Bonchev–Trinajstić information content (AvgIpc) is 2.27. The molecule has 0 saturated carbocycles. The van der Waals surface area contributed by atoms with Crippen LogP contribution in [-0.4, -0.2) is 12.0 Å². The van der Waals surface area contributed by atoms with Crippen LogP contribution in [-0.2, 0) is 0 Å². The van der Waals surface area contributed by atoms with Gasteiger partial charge in [0.25, 0.3) is 0 Å². The summed E-state index contributed by atoms with van der Waals surface area (Å²) in [6.45, 7) is 4.36. The number of thioether (sulfide) groups is 1. The van der Waals surface area contributed by atoms with Crippen LogP contribution in [0.25, 0.3) is 0 Å². The molecule has 0 N–H and O–H groups in total. The van der Waals surface area contributed by atoms with Crippen LogP contribution in [0.1, 0.15) is 29.8 Å². The second kappa shape index (κ2) is 5.12. The van der Waals surface area contributed by atoms with Crippen molar-refractivity contribution < 1.29 is 18.0 Å². The first kappa shape index (κ1) is 14.1. The molecule has 0 heterocycles. The summed E-state index contributed by atoms with van der Waals surface area (Å²) in [6.07, 6.45) is 1.52. The quantitative estimate of drug-likeness (QED) is 0.466. The molecule has 0 radical (unpaired) electrons. The second-order valence-corrected chi connectivity index (χ2v) is 4.81. The fraction of sp³-hybridized carbons (Fsp3) is 0.417. The smallest absolute Gasteiger partial charge is 0.173 e. The molecule has 0 aromatic heterocycles. The first-order valence-electron chi connectivity index (χ1n) is 5.08. The van der Waals surface area contributed by atoms with E-state index in [-0.39, 0.29) is 10.5 Å². The normalized spacial score (nSPS) is 11.1. The maximum absolute atomic E-state index is 13.9. The summed E-state index contributed by atoms with van der Waals surface area (Å²) in [6, 6.07) is 0. The molecule has 0 aliphatic heterocycles. The van der Waals surface area contributed by atoms with E-state index in [0.717, 1.165) is 11.8 Å². The van der Waals surface area contributed by atoms with Crippen LogP contribution < -0.4 is 0 Å². The van der Waals surface area contributed by atoms with Gasteiger partial charge in [0.15, 0.2) is 17.4 Å². The minimum atomic E-state index is -1.39. The highest BCUT2D eigenvalue weighted by Crippen LogP contribution is 2.31. The molecule has 0 saturated heterocycles. The van der Waals surface area contributed by atoms with Crippen molar-refractivity contribution in [2.45, 2.75) is 25.7 Å². The predicted molar refractivity (Wildman–Crippen MR) is 62.0 cm³/mol. The van der Waals surface area contributed by atoms with E-state index in [2.05, 4.69) is 0 Å². The van der Waals surface area contributed by atoms with E-state index >= 15 is 0 Å². The first-order chi connectivity index (χ1) is 7.82. The van der Waals surface area contributed by atoms with E-state index in [1.165, 1.54) is 27.0 Å². The fourth-order valence-electron chi connectivity index (χ4n) is 1.51. The van der Waals surface area contributed by atoms with Gasteiger partial charge in [-0.25, -0.2) is 13.2 Å². The van der Waals surface area contributed by atoms with E-state index in [1.54, 1.807) is 0 Å². The topological polar surface area (TPSA) is 17.1 Å². The lowest BCUT2D eigenvalue weighted by atomic mass is 9.98. The molecule has 1 aromatic carbocycles. The molecule has 0 bridgehead atoms. The third-order valence-electron chi connectivity index (χ3n) is 2.48. The molecular formula is C12H13F3OS. The zero-order valence-electron chi connectivity index (χ0n) is 10.0. The number of hydrogen-bond donors (Lipinski definition) is 0. The van der Waals surface area contributed by atoms with Gasteiger partial charge in [-0.2, -0.15) is 0 Å². The highest BCUT2D eigenvalue weighted by atomic mass is 32.2. The molecule has 0 atom stereocenters. The third kappa shape index (κ3) is 2.34. The molecule has 1 aromatic rings. The largest absolute Gasteiger partial charge is 0.294 e. The van der Waals surface area contributed by atoms with Gasteiger partial charge in [-0.15, -0.1) is 11.8 Å². The van der Waals surface area contributed by atoms with Crippen LogP contribution in [0, 0.1) is 30.3 Å². The standard InChI is InChI=1S/C12H13F3OS/c1-5(2)11(16)7-8(13)6(3)12(17-4)10(15)9(7)14/h5H,1-4H3. The Bertz CT molecular complexity index is 440. The lowest BCUT2D eigenvalue weighted by Gasteiger charge is -2.13. The molecule has 94 valence electrons. The summed E-state index contributed by atoms with van der Waals surface area (Å²) in [5.41, 5.74) is -0.798. The summed E-state index contributed by atoms with van der Waals surface area (Å²) >= 11 is 0.913. The van der Waals surface area contributed by atoms with Crippen molar-refractivity contribution in [3.8, 4) is 0 Å². The lowest BCUT2D eigenvalue weighted by molar-refractivity contribution is 0.0929. The van der Waals surface area contributed by atoms with Gasteiger partial charge in [-0.1, -0.05) is 13.8 Å². The molecule has 17 heavy (non-hydrogen) atoms. The second-order valence-electron chi connectivity index (χ2n) is 3.99. The zero-order valence-corrected chi connectivity index (χ0v) is 10.8. The molecule has 1 nitrogen and oxygen atoms in total. The zero-order chi connectivity index (χ0) is 13.3. The van der Waals surface area contributed by atoms with Crippen molar-refractivity contribution in [2.24, 2.45) is 5.92 Å². The Morgan fingerprint density at radius 3 is 2.06 bits per heavy atom. The van der Waals surface area contributed by atoms with E-state index in [0.29, 0.717) is 0 Å². The van der Waals surface area contributed by atoms with Crippen LogP contribution >= 0.6 is 11.8 Å². The van der Waals surface area contributed by atoms with Crippen LogP contribution in [0.4, 0.5) is 13.2 Å². The number of hydrogen-bond acceptors (Lipinski definition) is 2. The first-order valence-corrected chi connectivity index (χ1v) is 6.30. The number of halogens is 3. The Morgan fingerprint density at radius 2 is 1.65 bits per heavy atom. The molecule has 0 unspecified atom stereocenters. The lowest BCUT2D eigenvalue weighted by Crippen LogP contribution is -2.15. The number of ketones is 1. The van der Waals surface area contributed by atoms with Gasteiger partial charge < -0.3 is 0 Å². The van der Waals surface area contributed by atoms with Gasteiger partial charge in [0, 0.05) is 11.5 Å². The van der Waals surface area contributed by atoms with Crippen molar-refractivity contribution in [3.05, 3.63) is 28.6 Å². The van der Waals surface area contributed by atoms with E-state index < -0.39 is 34.7 Å². The van der Waals surface area contributed by atoms with Gasteiger partial charge in [0.1, 0.15) is 5.82 Å². The van der Waals surface area contributed by atoms with E-state index in [9.17, 15) is 18.0 Å². The Morgan fingerprint density at radius 1 is 1.12 bits per heavy atom. The molecule has 5 heteroatoms. The molecule has 0 spiro atoms. The Hall–Kier alpha value is -0.970. The van der Waals surface area contributed by atoms with E-state index in [1.807, 2.05) is 0 Å². The minimum absolute atomic E-state index is 0.0274. The predicted octanol–water partition coefficient (Wildman–Crippen LogP) is 3.97. The van der Waals surface area contributed by atoms with Crippen molar-refractivity contribution in [3.63, 3.8) is 0 Å². The number of benzene rings is 1. The van der Waals surface area contributed by atoms with Crippen LogP contribution in [0.5, 0.6) is 0 Å². The summed E-state index contributed by atoms with van der Waals surface area (Å²) in [7, 11) is 0. The third-order valence-corrected chi connectivity index (χ3v) is 3.37. The summed E-state index contributed by atoms with van der Waals surface area (Å²) in [4.78, 5) is 11.5. The average molecular weight is 262 g/mol. The van der Waals surface area contributed by atoms with Crippen molar-refractivity contribution >= 4 is 17.5 Å². The number of carbonyl (C=O) groups is 1.